The van der Waals surface area contributed by atoms with E-state index in [0.717, 1.165) is 32.1 Å². The lowest BCUT2D eigenvalue weighted by Gasteiger charge is -2.16. The molecule has 0 aliphatic carbocycles. The van der Waals surface area contributed by atoms with Crippen molar-refractivity contribution in [3.8, 4) is 0 Å². The predicted octanol–water partition coefficient (Wildman–Crippen LogP) is 10.6. The van der Waals surface area contributed by atoms with Gasteiger partial charge in [-0.3, -0.25) is 9.59 Å². The van der Waals surface area contributed by atoms with Crippen molar-refractivity contribution in [1.82, 2.24) is 10.6 Å². The van der Waals surface area contributed by atoms with Gasteiger partial charge in [0.05, 0.1) is 0 Å². The lowest BCUT2D eigenvalue weighted by molar-refractivity contribution is -0.128. The second-order valence-electron chi connectivity index (χ2n) is 12.9. The molecule has 0 aliphatic rings. The Labute approximate surface area is 274 Å². The second-order valence-corrected chi connectivity index (χ2v) is 12.9. The number of amides is 2. The van der Waals surface area contributed by atoms with Gasteiger partial charge in [0.15, 0.2) is 0 Å². The third-order valence-corrected chi connectivity index (χ3v) is 8.54. The summed E-state index contributed by atoms with van der Waals surface area (Å²) in [5, 5.41) is 5.79. The van der Waals surface area contributed by atoms with Crippen LogP contribution in [0.2, 0.25) is 0 Å². The Morgan fingerprint density at radius 2 is 0.886 bits per heavy atom. The summed E-state index contributed by atoms with van der Waals surface area (Å²) >= 11 is 0. The molecule has 0 bridgehead atoms. The van der Waals surface area contributed by atoms with Crippen LogP contribution in [-0.4, -0.2) is 30.9 Å². The summed E-state index contributed by atoms with van der Waals surface area (Å²) in [6, 6.07) is -0.625. The van der Waals surface area contributed by atoms with Gasteiger partial charge in [0.25, 0.3) is 0 Å². The number of hydrogen-bond acceptors (Lipinski definition) is 3. The lowest BCUT2D eigenvalue weighted by Crippen LogP contribution is -2.50. The SMILES string of the molecule is CCCCCCCC/C=C\CCCCCCCCNC(=O)C(CN)NC(=O)CCCCCCC/C=C\CCCCCCCC. The van der Waals surface area contributed by atoms with E-state index in [1.54, 1.807) is 0 Å². The smallest absolute Gasteiger partial charge is 0.243 e. The molecule has 0 fully saturated rings. The Morgan fingerprint density at radius 1 is 0.523 bits per heavy atom. The van der Waals surface area contributed by atoms with Crippen molar-refractivity contribution >= 4 is 11.8 Å². The average molecular weight is 618 g/mol. The first-order valence-corrected chi connectivity index (χ1v) is 19.2. The van der Waals surface area contributed by atoms with Crippen LogP contribution in [0.4, 0.5) is 0 Å². The molecule has 44 heavy (non-hydrogen) atoms. The maximum Gasteiger partial charge on any atom is 0.243 e. The monoisotopic (exact) mass is 618 g/mol. The Hall–Kier alpha value is -1.62. The van der Waals surface area contributed by atoms with Crippen LogP contribution >= 0.6 is 0 Å². The molecule has 0 heterocycles. The van der Waals surface area contributed by atoms with Crippen LogP contribution < -0.4 is 16.4 Å². The number of carbonyl (C=O) groups is 2. The molecule has 1 atom stereocenters. The molecule has 0 aliphatic heterocycles. The highest BCUT2D eigenvalue weighted by Crippen LogP contribution is 2.11. The number of allylic oxidation sites excluding steroid dienone is 4. The zero-order valence-electron chi connectivity index (χ0n) is 29.5. The molecule has 1 unspecified atom stereocenters. The molecule has 258 valence electrons. The number of nitrogens with one attached hydrogen (secondary N) is 2. The van der Waals surface area contributed by atoms with Gasteiger partial charge >= 0.3 is 0 Å². The van der Waals surface area contributed by atoms with Crippen molar-refractivity contribution in [3.63, 3.8) is 0 Å². The third-order valence-electron chi connectivity index (χ3n) is 8.54. The topological polar surface area (TPSA) is 84.2 Å². The van der Waals surface area contributed by atoms with Crippen LogP contribution in [0.25, 0.3) is 0 Å². The Kier molecular flexibility index (Phi) is 34.5. The van der Waals surface area contributed by atoms with Crippen molar-refractivity contribution in [3.05, 3.63) is 24.3 Å². The predicted molar refractivity (Wildman–Crippen MR) is 193 cm³/mol. The standard InChI is InChI=1S/C39H75N3O2/c1-3-5-7-9-11-13-15-17-19-21-23-25-27-29-31-33-35-41-39(44)37(36-40)42-38(43)34-32-30-28-26-24-22-20-18-16-14-12-10-8-6-4-2/h17-20,37H,3-16,21-36,40H2,1-2H3,(H,41,44)(H,42,43)/b19-17-,20-18-. The summed E-state index contributed by atoms with van der Waals surface area (Å²) in [7, 11) is 0. The van der Waals surface area contributed by atoms with E-state index in [1.807, 2.05) is 0 Å². The van der Waals surface area contributed by atoms with Crippen LogP contribution in [-0.2, 0) is 9.59 Å². The molecule has 4 N–H and O–H groups in total. The van der Waals surface area contributed by atoms with Gasteiger partial charge in [0, 0.05) is 19.5 Å². The maximum atomic E-state index is 12.5. The van der Waals surface area contributed by atoms with Gasteiger partial charge in [-0.1, -0.05) is 147 Å². The van der Waals surface area contributed by atoms with Gasteiger partial charge in [0.1, 0.15) is 6.04 Å². The highest BCUT2D eigenvalue weighted by Gasteiger charge is 2.18. The Morgan fingerprint density at radius 3 is 1.30 bits per heavy atom. The molecule has 5 nitrogen and oxygen atoms in total. The normalized spacial score (nSPS) is 12.3. The Balaban J connectivity index is 3.58. The molecule has 0 saturated carbocycles. The highest BCUT2D eigenvalue weighted by atomic mass is 16.2. The lowest BCUT2D eigenvalue weighted by atomic mass is 10.1. The van der Waals surface area contributed by atoms with Crippen LogP contribution in [0.5, 0.6) is 0 Å². The number of nitrogens with two attached hydrogens (primary N) is 1. The van der Waals surface area contributed by atoms with Crippen LogP contribution in [0.3, 0.4) is 0 Å². The minimum absolute atomic E-state index is 0.0644. The minimum atomic E-state index is -0.625. The first-order valence-electron chi connectivity index (χ1n) is 19.2. The van der Waals surface area contributed by atoms with E-state index in [1.165, 1.54) is 141 Å². The van der Waals surface area contributed by atoms with Gasteiger partial charge in [-0.25, -0.2) is 0 Å². The summed E-state index contributed by atoms with van der Waals surface area (Å²) in [4.78, 5) is 24.8. The molecule has 0 aromatic carbocycles. The van der Waals surface area contributed by atoms with Crippen LogP contribution in [0.15, 0.2) is 24.3 Å². The van der Waals surface area contributed by atoms with E-state index in [-0.39, 0.29) is 18.4 Å². The van der Waals surface area contributed by atoms with Gasteiger partial charge in [0.2, 0.25) is 11.8 Å². The van der Waals surface area contributed by atoms with Gasteiger partial charge < -0.3 is 16.4 Å². The maximum absolute atomic E-state index is 12.5. The summed E-state index contributed by atoms with van der Waals surface area (Å²) in [5.74, 6) is -0.219. The van der Waals surface area contributed by atoms with Crippen molar-refractivity contribution in [2.75, 3.05) is 13.1 Å². The molecule has 0 spiro atoms. The number of hydrogen-bond donors (Lipinski definition) is 3. The number of carbonyl (C=O) groups excluding carboxylic acids is 2. The number of rotatable bonds is 34. The summed E-state index contributed by atoms with van der Waals surface area (Å²) in [6.07, 6.45) is 43.8. The van der Waals surface area contributed by atoms with E-state index >= 15 is 0 Å². The largest absolute Gasteiger partial charge is 0.354 e. The molecule has 0 aromatic rings. The fourth-order valence-electron chi connectivity index (χ4n) is 5.56. The first kappa shape index (κ1) is 42.4. The molecule has 2 amide bonds. The molecular formula is C39H75N3O2. The third kappa shape index (κ3) is 31.8. The van der Waals surface area contributed by atoms with E-state index in [0.29, 0.717) is 13.0 Å². The quantitative estimate of drug-likeness (QED) is 0.0496. The fourth-order valence-corrected chi connectivity index (χ4v) is 5.56. The molecule has 0 rings (SSSR count). The first-order chi connectivity index (χ1) is 21.7. The summed E-state index contributed by atoms with van der Waals surface area (Å²) < 4.78 is 0. The summed E-state index contributed by atoms with van der Waals surface area (Å²) in [6.45, 7) is 5.32. The Bertz CT molecular complexity index is 676. The zero-order chi connectivity index (χ0) is 32.2. The van der Waals surface area contributed by atoms with Crippen molar-refractivity contribution in [1.29, 1.82) is 0 Å². The van der Waals surface area contributed by atoms with Crippen molar-refractivity contribution in [2.24, 2.45) is 5.73 Å². The minimum Gasteiger partial charge on any atom is -0.354 e. The van der Waals surface area contributed by atoms with Crippen LogP contribution in [0.1, 0.15) is 194 Å². The molecular weight excluding hydrogens is 542 g/mol. The van der Waals surface area contributed by atoms with Gasteiger partial charge in [-0.05, 0) is 64.2 Å². The van der Waals surface area contributed by atoms with Gasteiger partial charge in [-0.15, -0.1) is 0 Å². The molecule has 0 radical (unpaired) electrons. The summed E-state index contributed by atoms with van der Waals surface area (Å²) in [5.41, 5.74) is 5.79. The van der Waals surface area contributed by atoms with E-state index < -0.39 is 6.04 Å². The van der Waals surface area contributed by atoms with Crippen LogP contribution in [0, 0.1) is 0 Å². The molecule has 5 heteroatoms. The zero-order valence-corrected chi connectivity index (χ0v) is 29.5. The van der Waals surface area contributed by atoms with Gasteiger partial charge in [-0.2, -0.15) is 0 Å². The van der Waals surface area contributed by atoms with E-state index in [9.17, 15) is 9.59 Å². The highest BCUT2D eigenvalue weighted by molar-refractivity contribution is 5.87. The van der Waals surface area contributed by atoms with Crippen molar-refractivity contribution in [2.45, 2.75) is 200 Å². The molecule has 0 aromatic heterocycles. The molecule has 0 saturated heterocycles. The van der Waals surface area contributed by atoms with Crippen molar-refractivity contribution < 1.29 is 9.59 Å². The van der Waals surface area contributed by atoms with E-state index in [2.05, 4.69) is 48.8 Å². The fraction of sp³-hybridized carbons (Fsp3) is 0.846. The average Bonchev–Trinajstić information content (AvgIpc) is 3.03. The van der Waals surface area contributed by atoms with E-state index in [4.69, 9.17) is 5.73 Å². The number of unbranched alkanes of at least 4 members (excludes halogenated alkanes) is 23. The second kappa shape index (κ2) is 35.9.